The standard InChI is InChI=1S/C27H34N2O2S/c1-17-13-14-18(2)21(15-17)16-29-23-11-7-8-12-24(23)32-25(27(29)31)20(4)26(30)28-22-10-6-5-9-19(22)3/h7-8,11-15,19-20,22,25H,5-6,9-10,16H2,1-4H3,(H,28,30)/t19-,20+,22+,25+/m1/s1. The number of nitrogens with one attached hydrogen (secondary N) is 1. The third-order valence-corrected chi connectivity index (χ3v) is 8.52. The van der Waals surface area contributed by atoms with E-state index in [1.807, 2.05) is 30.0 Å². The van der Waals surface area contributed by atoms with E-state index in [9.17, 15) is 9.59 Å². The Morgan fingerprint density at radius 2 is 1.91 bits per heavy atom. The Labute approximate surface area is 196 Å². The molecule has 1 fully saturated rings. The summed E-state index contributed by atoms with van der Waals surface area (Å²) in [4.78, 5) is 29.8. The van der Waals surface area contributed by atoms with Gasteiger partial charge in [0.25, 0.3) is 0 Å². The highest BCUT2D eigenvalue weighted by Gasteiger charge is 2.40. The number of hydrogen-bond donors (Lipinski definition) is 1. The predicted molar refractivity (Wildman–Crippen MR) is 132 cm³/mol. The van der Waals surface area contributed by atoms with Crippen LogP contribution < -0.4 is 10.2 Å². The van der Waals surface area contributed by atoms with E-state index in [2.05, 4.69) is 50.4 Å². The van der Waals surface area contributed by atoms with Gasteiger partial charge in [0.15, 0.2) is 0 Å². The molecule has 1 saturated carbocycles. The molecule has 4 atom stereocenters. The molecule has 170 valence electrons. The van der Waals surface area contributed by atoms with Gasteiger partial charge < -0.3 is 10.2 Å². The van der Waals surface area contributed by atoms with E-state index in [1.54, 1.807) is 0 Å². The molecule has 4 nitrogen and oxygen atoms in total. The van der Waals surface area contributed by atoms with Crippen molar-refractivity contribution in [2.45, 2.75) is 76.1 Å². The second-order valence-corrected chi connectivity index (χ2v) is 10.7. The number of carbonyl (C=O) groups excluding carboxylic acids is 2. The maximum absolute atomic E-state index is 13.7. The summed E-state index contributed by atoms with van der Waals surface area (Å²) in [6.07, 6.45) is 4.60. The van der Waals surface area contributed by atoms with Gasteiger partial charge in [-0.2, -0.15) is 0 Å². The molecule has 5 heteroatoms. The van der Waals surface area contributed by atoms with Crippen molar-refractivity contribution >= 4 is 29.3 Å². The van der Waals surface area contributed by atoms with Gasteiger partial charge in [-0.1, -0.05) is 62.6 Å². The van der Waals surface area contributed by atoms with Crippen LogP contribution >= 0.6 is 11.8 Å². The van der Waals surface area contributed by atoms with E-state index in [0.717, 1.165) is 35.4 Å². The van der Waals surface area contributed by atoms with Crippen LogP contribution in [0.1, 0.15) is 56.2 Å². The van der Waals surface area contributed by atoms with Gasteiger partial charge >= 0.3 is 0 Å². The summed E-state index contributed by atoms with van der Waals surface area (Å²) in [5.41, 5.74) is 4.44. The maximum Gasteiger partial charge on any atom is 0.241 e. The Balaban J connectivity index is 1.58. The van der Waals surface area contributed by atoms with Crippen LogP contribution in [0.4, 0.5) is 5.69 Å². The quantitative estimate of drug-likeness (QED) is 0.641. The minimum atomic E-state index is -0.422. The number of carbonyl (C=O) groups is 2. The Kier molecular flexibility index (Phi) is 6.94. The van der Waals surface area contributed by atoms with Crippen molar-refractivity contribution in [3.8, 4) is 0 Å². The molecule has 32 heavy (non-hydrogen) atoms. The molecular formula is C27H34N2O2S. The predicted octanol–water partition coefficient (Wildman–Crippen LogP) is 5.64. The second kappa shape index (κ2) is 9.70. The van der Waals surface area contributed by atoms with Crippen molar-refractivity contribution in [3.63, 3.8) is 0 Å². The third-order valence-electron chi connectivity index (χ3n) is 7.06. The van der Waals surface area contributed by atoms with Crippen molar-refractivity contribution in [1.82, 2.24) is 5.32 Å². The fourth-order valence-electron chi connectivity index (χ4n) is 4.84. The normalized spacial score (nSPS) is 24.1. The number of rotatable bonds is 5. The van der Waals surface area contributed by atoms with Gasteiger partial charge in [-0.3, -0.25) is 9.59 Å². The summed E-state index contributed by atoms with van der Waals surface area (Å²) < 4.78 is 0. The summed E-state index contributed by atoms with van der Waals surface area (Å²) >= 11 is 1.53. The Morgan fingerprint density at radius 3 is 2.69 bits per heavy atom. The average Bonchev–Trinajstić information content (AvgIpc) is 2.78. The number of fused-ring (bicyclic) bond motifs is 1. The SMILES string of the molecule is Cc1ccc(C)c(CN2C(=O)[C@H]([C@H](C)C(=O)N[C@H]3CCCC[C@H]3C)Sc3ccccc32)c1. The van der Waals surface area contributed by atoms with Crippen molar-refractivity contribution in [2.75, 3.05) is 4.90 Å². The number of hydrogen-bond acceptors (Lipinski definition) is 3. The molecule has 1 N–H and O–H groups in total. The van der Waals surface area contributed by atoms with Crippen molar-refractivity contribution in [2.24, 2.45) is 11.8 Å². The van der Waals surface area contributed by atoms with Gasteiger partial charge in [0, 0.05) is 10.9 Å². The van der Waals surface area contributed by atoms with Gasteiger partial charge in [0.05, 0.1) is 18.2 Å². The van der Waals surface area contributed by atoms with Crippen LogP contribution in [0.25, 0.3) is 0 Å². The minimum Gasteiger partial charge on any atom is -0.353 e. The molecular weight excluding hydrogens is 416 g/mol. The van der Waals surface area contributed by atoms with E-state index in [-0.39, 0.29) is 17.9 Å². The summed E-state index contributed by atoms with van der Waals surface area (Å²) in [5, 5.41) is 2.85. The first kappa shape index (κ1) is 22.9. The molecule has 4 rings (SSSR count). The van der Waals surface area contributed by atoms with Gasteiger partial charge in [-0.15, -0.1) is 11.8 Å². The van der Waals surface area contributed by atoms with E-state index in [0.29, 0.717) is 12.5 Å². The third kappa shape index (κ3) is 4.73. The fourth-order valence-corrected chi connectivity index (χ4v) is 6.13. The summed E-state index contributed by atoms with van der Waals surface area (Å²) in [6, 6.07) is 14.6. The Hall–Kier alpha value is -2.27. The first-order valence-corrected chi connectivity index (χ1v) is 12.7. The van der Waals surface area contributed by atoms with Crippen LogP contribution in [0.15, 0.2) is 47.4 Å². The number of thioether (sulfide) groups is 1. The maximum atomic E-state index is 13.7. The van der Waals surface area contributed by atoms with Crippen molar-refractivity contribution < 1.29 is 9.59 Å². The number of nitrogens with zero attached hydrogens (tertiary/aromatic N) is 1. The molecule has 2 aromatic rings. The molecule has 0 bridgehead atoms. The average molecular weight is 451 g/mol. The number of benzene rings is 2. The zero-order valence-electron chi connectivity index (χ0n) is 19.6. The second-order valence-electron chi connectivity index (χ2n) is 9.53. The van der Waals surface area contributed by atoms with E-state index in [4.69, 9.17) is 0 Å². The van der Waals surface area contributed by atoms with Crippen molar-refractivity contribution in [3.05, 3.63) is 59.2 Å². The molecule has 0 spiro atoms. The number of anilines is 1. The monoisotopic (exact) mass is 450 g/mol. The molecule has 0 unspecified atom stereocenters. The van der Waals surface area contributed by atoms with Crippen LogP contribution in [0.3, 0.4) is 0 Å². The lowest BCUT2D eigenvalue weighted by Crippen LogP contribution is -2.50. The topological polar surface area (TPSA) is 49.4 Å². The lowest BCUT2D eigenvalue weighted by atomic mass is 9.85. The van der Waals surface area contributed by atoms with Gasteiger partial charge in [0.1, 0.15) is 5.25 Å². The highest BCUT2D eigenvalue weighted by molar-refractivity contribution is 8.01. The van der Waals surface area contributed by atoms with Crippen LogP contribution in [0, 0.1) is 25.7 Å². The Bertz CT molecular complexity index is 1000. The van der Waals surface area contributed by atoms with Crippen LogP contribution in [0.5, 0.6) is 0 Å². The minimum absolute atomic E-state index is 0.000618. The summed E-state index contributed by atoms with van der Waals surface area (Å²) in [7, 11) is 0. The highest BCUT2D eigenvalue weighted by atomic mass is 32.2. The molecule has 1 heterocycles. The molecule has 2 aromatic carbocycles. The van der Waals surface area contributed by atoms with E-state index < -0.39 is 11.2 Å². The van der Waals surface area contributed by atoms with Crippen LogP contribution in [-0.4, -0.2) is 23.1 Å². The van der Waals surface area contributed by atoms with Gasteiger partial charge in [-0.05, 0) is 55.9 Å². The van der Waals surface area contributed by atoms with Gasteiger partial charge in [0.2, 0.25) is 11.8 Å². The smallest absolute Gasteiger partial charge is 0.241 e. The number of aryl methyl sites for hydroxylation is 2. The van der Waals surface area contributed by atoms with Crippen molar-refractivity contribution in [1.29, 1.82) is 0 Å². The largest absolute Gasteiger partial charge is 0.353 e. The summed E-state index contributed by atoms with van der Waals surface area (Å²) in [5.74, 6) is 0.127. The molecule has 0 radical (unpaired) electrons. The zero-order chi connectivity index (χ0) is 22.8. The fraction of sp³-hybridized carbons (Fsp3) is 0.481. The highest BCUT2D eigenvalue weighted by Crippen LogP contribution is 2.42. The first-order valence-electron chi connectivity index (χ1n) is 11.8. The van der Waals surface area contributed by atoms with Crippen LogP contribution in [-0.2, 0) is 16.1 Å². The molecule has 1 aliphatic heterocycles. The molecule has 0 saturated heterocycles. The molecule has 0 aromatic heterocycles. The Morgan fingerprint density at radius 1 is 1.16 bits per heavy atom. The van der Waals surface area contributed by atoms with Crippen LogP contribution in [0.2, 0.25) is 0 Å². The van der Waals surface area contributed by atoms with E-state index in [1.165, 1.54) is 29.3 Å². The van der Waals surface area contributed by atoms with Gasteiger partial charge in [-0.25, -0.2) is 0 Å². The number of amides is 2. The lowest BCUT2D eigenvalue weighted by Gasteiger charge is -2.37. The molecule has 2 amide bonds. The summed E-state index contributed by atoms with van der Waals surface area (Å²) in [6.45, 7) is 8.81. The first-order chi connectivity index (χ1) is 15.3. The zero-order valence-corrected chi connectivity index (χ0v) is 20.4. The number of para-hydroxylation sites is 1. The molecule has 1 aliphatic carbocycles. The molecule has 2 aliphatic rings. The lowest BCUT2D eigenvalue weighted by molar-refractivity contribution is -0.129. The van der Waals surface area contributed by atoms with E-state index >= 15 is 0 Å².